The van der Waals surface area contributed by atoms with Gasteiger partial charge in [0.1, 0.15) is 0 Å². The lowest BCUT2D eigenvalue weighted by atomic mass is 10.0. The van der Waals surface area contributed by atoms with Crippen molar-refractivity contribution in [1.82, 2.24) is 4.90 Å². The van der Waals surface area contributed by atoms with Gasteiger partial charge in [-0.2, -0.15) is 13.2 Å². The first-order valence-electron chi connectivity index (χ1n) is 6.07. The monoisotopic (exact) mass is 286 g/mol. The van der Waals surface area contributed by atoms with Crippen LogP contribution in [-0.2, 0) is 17.6 Å². The molecule has 1 aromatic carbocycles. The molecule has 1 aliphatic rings. The second kappa shape index (κ2) is 5.52. The maximum atomic E-state index is 12.4. The van der Waals surface area contributed by atoms with Gasteiger partial charge < -0.3 is 10.1 Å². The Labute approximate surface area is 113 Å². The number of halogens is 3. The van der Waals surface area contributed by atoms with E-state index in [1.807, 2.05) is 0 Å². The standard InChI is InChI=1S/C13H13F3N2O2/c14-13(15,16)12(19)18-5-3-10-2-1-9(8-17-20)7-11(10)4-6-18/h1-2,7-8,20H,3-6H2/b17-8+. The van der Waals surface area contributed by atoms with E-state index in [-0.39, 0.29) is 13.1 Å². The number of hydrogen-bond donors (Lipinski definition) is 1. The largest absolute Gasteiger partial charge is 0.471 e. The van der Waals surface area contributed by atoms with E-state index < -0.39 is 12.1 Å². The molecule has 0 atom stereocenters. The van der Waals surface area contributed by atoms with Gasteiger partial charge in [0.25, 0.3) is 0 Å². The summed E-state index contributed by atoms with van der Waals surface area (Å²) in [5, 5.41) is 11.4. The minimum absolute atomic E-state index is 0.0328. The normalized spacial score (nSPS) is 16.1. The summed E-state index contributed by atoms with van der Waals surface area (Å²) in [6.45, 7) is 0.0871. The third-order valence-corrected chi connectivity index (χ3v) is 3.27. The van der Waals surface area contributed by atoms with Gasteiger partial charge in [-0.3, -0.25) is 4.79 Å². The van der Waals surface area contributed by atoms with Crippen molar-refractivity contribution in [2.24, 2.45) is 5.16 Å². The Morgan fingerprint density at radius 2 is 1.90 bits per heavy atom. The van der Waals surface area contributed by atoms with Crippen LogP contribution in [0.2, 0.25) is 0 Å². The zero-order valence-electron chi connectivity index (χ0n) is 10.5. The number of benzene rings is 1. The minimum Gasteiger partial charge on any atom is -0.411 e. The number of carbonyl (C=O) groups excluding carboxylic acids is 1. The fraction of sp³-hybridized carbons (Fsp3) is 0.385. The van der Waals surface area contributed by atoms with Crippen LogP contribution in [0.25, 0.3) is 0 Å². The van der Waals surface area contributed by atoms with Crippen molar-refractivity contribution in [3.8, 4) is 0 Å². The van der Waals surface area contributed by atoms with E-state index in [1.165, 1.54) is 6.21 Å². The summed E-state index contributed by atoms with van der Waals surface area (Å²) < 4.78 is 37.3. The van der Waals surface area contributed by atoms with Crippen molar-refractivity contribution in [2.45, 2.75) is 19.0 Å². The molecule has 0 unspecified atom stereocenters. The van der Waals surface area contributed by atoms with Gasteiger partial charge in [-0.1, -0.05) is 17.3 Å². The van der Waals surface area contributed by atoms with E-state index in [1.54, 1.807) is 18.2 Å². The van der Waals surface area contributed by atoms with E-state index in [4.69, 9.17) is 5.21 Å². The lowest BCUT2D eigenvalue weighted by molar-refractivity contribution is -0.185. The molecule has 20 heavy (non-hydrogen) atoms. The number of alkyl halides is 3. The van der Waals surface area contributed by atoms with Crippen LogP contribution in [0.3, 0.4) is 0 Å². The second-order valence-electron chi connectivity index (χ2n) is 4.56. The average molecular weight is 286 g/mol. The Kier molecular flexibility index (Phi) is 3.96. The fourth-order valence-electron chi connectivity index (χ4n) is 2.27. The first-order chi connectivity index (χ1) is 9.41. The minimum atomic E-state index is -4.83. The van der Waals surface area contributed by atoms with Gasteiger partial charge in [0, 0.05) is 13.1 Å². The topological polar surface area (TPSA) is 52.9 Å². The van der Waals surface area contributed by atoms with Crippen LogP contribution in [0.15, 0.2) is 23.4 Å². The lowest BCUT2D eigenvalue weighted by Gasteiger charge is -2.21. The van der Waals surface area contributed by atoms with E-state index in [0.29, 0.717) is 18.4 Å². The third kappa shape index (κ3) is 3.09. The number of nitrogens with zero attached hydrogens (tertiary/aromatic N) is 2. The Bertz CT molecular complexity index is 541. The SMILES string of the molecule is O=C(N1CCc2ccc(/C=N/O)cc2CC1)C(F)(F)F. The molecule has 1 aliphatic heterocycles. The summed E-state index contributed by atoms with van der Waals surface area (Å²) in [6.07, 6.45) is -2.84. The van der Waals surface area contributed by atoms with Crippen LogP contribution in [0.1, 0.15) is 16.7 Å². The van der Waals surface area contributed by atoms with E-state index in [9.17, 15) is 18.0 Å². The van der Waals surface area contributed by atoms with Crippen LogP contribution in [0, 0.1) is 0 Å². The number of fused-ring (bicyclic) bond motifs is 1. The zero-order valence-corrected chi connectivity index (χ0v) is 10.5. The van der Waals surface area contributed by atoms with Gasteiger partial charge >= 0.3 is 12.1 Å². The molecule has 4 nitrogen and oxygen atoms in total. The maximum absolute atomic E-state index is 12.4. The molecule has 1 N–H and O–H groups in total. The summed E-state index contributed by atoms with van der Waals surface area (Å²) in [5.41, 5.74) is 2.46. The highest BCUT2D eigenvalue weighted by atomic mass is 19.4. The Morgan fingerprint density at radius 1 is 1.25 bits per heavy atom. The third-order valence-electron chi connectivity index (χ3n) is 3.27. The van der Waals surface area contributed by atoms with Crippen molar-refractivity contribution in [3.05, 3.63) is 34.9 Å². The van der Waals surface area contributed by atoms with Crippen LogP contribution in [-0.4, -0.2) is 41.5 Å². The summed E-state index contributed by atoms with van der Waals surface area (Å²) in [7, 11) is 0. The molecule has 7 heteroatoms. The van der Waals surface area contributed by atoms with Crippen LogP contribution in [0.5, 0.6) is 0 Å². The van der Waals surface area contributed by atoms with Gasteiger partial charge in [-0.25, -0.2) is 0 Å². The predicted molar refractivity (Wildman–Crippen MR) is 65.9 cm³/mol. The Balaban J connectivity index is 2.16. The molecular weight excluding hydrogens is 273 g/mol. The molecular formula is C13H13F3N2O2. The van der Waals surface area contributed by atoms with Crippen molar-refractivity contribution in [2.75, 3.05) is 13.1 Å². The molecule has 0 aromatic heterocycles. The highest BCUT2D eigenvalue weighted by Gasteiger charge is 2.42. The van der Waals surface area contributed by atoms with Crippen molar-refractivity contribution in [3.63, 3.8) is 0 Å². The van der Waals surface area contributed by atoms with Gasteiger partial charge in [0.2, 0.25) is 0 Å². The molecule has 108 valence electrons. The molecule has 0 saturated heterocycles. The predicted octanol–water partition coefficient (Wildman–Crippen LogP) is 1.98. The van der Waals surface area contributed by atoms with E-state index in [0.717, 1.165) is 16.0 Å². The summed E-state index contributed by atoms with van der Waals surface area (Å²) in [5.74, 6) is -1.79. The molecule has 0 aliphatic carbocycles. The molecule has 1 heterocycles. The quantitative estimate of drug-likeness (QED) is 0.487. The molecule has 0 saturated carbocycles. The number of carbonyl (C=O) groups is 1. The number of rotatable bonds is 1. The van der Waals surface area contributed by atoms with E-state index in [2.05, 4.69) is 5.16 Å². The van der Waals surface area contributed by atoms with Gasteiger partial charge in [-0.15, -0.1) is 0 Å². The molecule has 2 rings (SSSR count). The Hall–Kier alpha value is -2.05. The highest BCUT2D eigenvalue weighted by molar-refractivity contribution is 5.82. The Morgan fingerprint density at radius 3 is 2.50 bits per heavy atom. The molecule has 0 bridgehead atoms. The molecule has 0 fully saturated rings. The first-order valence-corrected chi connectivity index (χ1v) is 6.07. The highest BCUT2D eigenvalue weighted by Crippen LogP contribution is 2.22. The van der Waals surface area contributed by atoms with Crippen molar-refractivity contribution in [1.29, 1.82) is 0 Å². The fourth-order valence-corrected chi connectivity index (χ4v) is 2.27. The lowest BCUT2D eigenvalue weighted by Crippen LogP contribution is -2.42. The van der Waals surface area contributed by atoms with Crippen LogP contribution >= 0.6 is 0 Å². The number of oxime groups is 1. The number of hydrogen-bond acceptors (Lipinski definition) is 3. The van der Waals surface area contributed by atoms with E-state index >= 15 is 0 Å². The summed E-state index contributed by atoms with van der Waals surface area (Å²) in [4.78, 5) is 12.1. The van der Waals surface area contributed by atoms with Crippen LogP contribution < -0.4 is 0 Å². The molecule has 0 radical (unpaired) electrons. The van der Waals surface area contributed by atoms with Crippen LogP contribution in [0.4, 0.5) is 13.2 Å². The summed E-state index contributed by atoms with van der Waals surface area (Å²) in [6, 6.07) is 5.27. The van der Waals surface area contributed by atoms with Gasteiger partial charge in [0.15, 0.2) is 0 Å². The van der Waals surface area contributed by atoms with Gasteiger partial charge in [-0.05, 0) is 35.6 Å². The molecule has 1 amide bonds. The van der Waals surface area contributed by atoms with Crippen molar-refractivity contribution >= 4 is 12.1 Å². The zero-order chi connectivity index (χ0) is 14.8. The second-order valence-corrected chi connectivity index (χ2v) is 4.56. The van der Waals surface area contributed by atoms with Gasteiger partial charge in [0.05, 0.1) is 6.21 Å². The average Bonchev–Trinajstić information content (AvgIpc) is 2.59. The summed E-state index contributed by atoms with van der Waals surface area (Å²) >= 11 is 0. The maximum Gasteiger partial charge on any atom is 0.471 e. The number of amides is 1. The molecule has 1 aromatic rings. The molecule has 0 spiro atoms. The van der Waals surface area contributed by atoms with Crippen molar-refractivity contribution < 1.29 is 23.2 Å². The first kappa shape index (κ1) is 14.4. The smallest absolute Gasteiger partial charge is 0.411 e.